The lowest BCUT2D eigenvalue weighted by molar-refractivity contribution is 0.581. The van der Waals surface area contributed by atoms with Crippen molar-refractivity contribution in [3.63, 3.8) is 0 Å². The average Bonchev–Trinajstić information content (AvgIpc) is 3.42. The van der Waals surface area contributed by atoms with Crippen LogP contribution in [0.15, 0.2) is 100 Å². The standard InChI is InChI=1S/C33H26FN3OS/c1-20-18-24(21(2)36(20)26-9-4-3-5-10-26)19-29-32(38)37-31(23-12-15-25(34)16-13-23)28-17-14-22-8-6-7-11-27(22)30(28)35-33(37)39-29/h3-13,15-16,18-19,31H,14,17H2,1-2H3/b29-19+/t31-/m1/s1. The lowest BCUT2D eigenvalue weighted by Crippen LogP contribution is -2.38. The second kappa shape index (κ2) is 9.17. The summed E-state index contributed by atoms with van der Waals surface area (Å²) in [6.45, 7) is 4.17. The highest BCUT2D eigenvalue weighted by atomic mass is 32.1. The van der Waals surface area contributed by atoms with E-state index in [1.165, 1.54) is 29.0 Å². The molecular weight excluding hydrogens is 505 g/mol. The fourth-order valence-corrected chi connectivity index (χ4v) is 7.01. The summed E-state index contributed by atoms with van der Waals surface area (Å²) in [5.41, 5.74) is 9.56. The van der Waals surface area contributed by atoms with E-state index >= 15 is 0 Å². The normalized spacial score (nSPS) is 16.5. The van der Waals surface area contributed by atoms with Crippen LogP contribution in [0, 0.1) is 19.7 Å². The number of hydrogen-bond donors (Lipinski definition) is 0. The number of rotatable bonds is 3. The third kappa shape index (κ3) is 3.86. The molecule has 1 atom stereocenters. The van der Waals surface area contributed by atoms with Crippen molar-refractivity contribution in [3.8, 4) is 5.69 Å². The molecule has 0 fully saturated rings. The number of hydrogen-bond acceptors (Lipinski definition) is 3. The summed E-state index contributed by atoms with van der Waals surface area (Å²) in [4.78, 5) is 19.8. The van der Waals surface area contributed by atoms with Gasteiger partial charge in [-0.25, -0.2) is 9.38 Å². The van der Waals surface area contributed by atoms with Gasteiger partial charge in [-0.05, 0) is 85.4 Å². The van der Waals surface area contributed by atoms with Crippen LogP contribution in [0.4, 0.5) is 4.39 Å². The highest BCUT2D eigenvalue weighted by Crippen LogP contribution is 2.41. The van der Waals surface area contributed by atoms with E-state index in [0.29, 0.717) is 9.33 Å². The summed E-state index contributed by atoms with van der Waals surface area (Å²) in [6, 6.07) is 26.9. The summed E-state index contributed by atoms with van der Waals surface area (Å²) < 4.78 is 18.6. The van der Waals surface area contributed by atoms with Gasteiger partial charge in [0.15, 0.2) is 4.80 Å². The maximum absolute atomic E-state index is 14.0. The van der Waals surface area contributed by atoms with Crippen molar-refractivity contribution in [2.75, 3.05) is 0 Å². The molecule has 6 heteroatoms. The van der Waals surface area contributed by atoms with E-state index in [0.717, 1.165) is 57.9 Å². The van der Waals surface area contributed by atoms with Gasteiger partial charge < -0.3 is 4.57 Å². The maximum Gasteiger partial charge on any atom is 0.271 e. The predicted molar refractivity (Wildman–Crippen MR) is 154 cm³/mol. The average molecular weight is 532 g/mol. The van der Waals surface area contributed by atoms with Crippen molar-refractivity contribution in [3.05, 3.63) is 150 Å². The number of aromatic nitrogens is 2. The van der Waals surface area contributed by atoms with E-state index in [1.807, 2.05) is 34.9 Å². The molecule has 3 heterocycles. The van der Waals surface area contributed by atoms with Crippen LogP contribution in [0.25, 0.3) is 17.5 Å². The molecule has 39 heavy (non-hydrogen) atoms. The monoisotopic (exact) mass is 531 g/mol. The summed E-state index contributed by atoms with van der Waals surface area (Å²) in [6.07, 6.45) is 3.68. The molecule has 3 aromatic carbocycles. The minimum absolute atomic E-state index is 0.0667. The SMILES string of the molecule is Cc1cc(/C=c2/sc3n(c2=O)[C@H](c2ccc(F)cc2)C2=C(N=3)c3ccccc3CC2)c(C)n1-c1ccccc1. The molecular formula is C33H26FN3OS. The number of para-hydroxylation sites is 1. The van der Waals surface area contributed by atoms with Crippen LogP contribution in [0.2, 0.25) is 0 Å². The van der Waals surface area contributed by atoms with Gasteiger partial charge in [0.2, 0.25) is 0 Å². The number of aryl methyl sites for hydroxylation is 2. The van der Waals surface area contributed by atoms with Crippen molar-refractivity contribution in [2.45, 2.75) is 32.7 Å². The molecule has 0 amide bonds. The number of allylic oxidation sites excluding steroid dienone is 1. The van der Waals surface area contributed by atoms with Gasteiger partial charge in [-0.1, -0.05) is 65.9 Å². The minimum Gasteiger partial charge on any atom is -0.318 e. The molecule has 0 bridgehead atoms. The summed E-state index contributed by atoms with van der Waals surface area (Å²) in [5.74, 6) is -0.289. The molecule has 5 aromatic rings. The number of nitrogens with zero attached hydrogens (tertiary/aromatic N) is 3. The molecule has 0 saturated heterocycles. The van der Waals surface area contributed by atoms with E-state index in [9.17, 15) is 9.18 Å². The van der Waals surface area contributed by atoms with Gasteiger partial charge in [0.25, 0.3) is 5.56 Å². The predicted octanol–water partition coefficient (Wildman–Crippen LogP) is 5.87. The van der Waals surface area contributed by atoms with Crippen LogP contribution in [-0.2, 0) is 6.42 Å². The Morgan fingerprint density at radius 2 is 1.69 bits per heavy atom. The largest absolute Gasteiger partial charge is 0.318 e. The Bertz CT molecular complexity index is 1960. The van der Waals surface area contributed by atoms with Crippen molar-refractivity contribution < 1.29 is 4.39 Å². The first-order valence-electron chi connectivity index (χ1n) is 13.1. The highest BCUT2D eigenvalue weighted by molar-refractivity contribution is 7.07. The number of fused-ring (bicyclic) bond motifs is 3. The summed E-state index contributed by atoms with van der Waals surface area (Å²) in [5, 5.41) is 0. The Morgan fingerprint density at radius 3 is 2.49 bits per heavy atom. The number of thiazole rings is 1. The fourth-order valence-electron chi connectivity index (χ4n) is 6.02. The van der Waals surface area contributed by atoms with Gasteiger partial charge in [0.1, 0.15) is 5.82 Å². The Balaban J connectivity index is 1.45. The van der Waals surface area contributed by atoms with Crippen LogP contribution in [0.5, 0.6) is 0 Å². The van der Waals surface area contributed by atoms with Gasteiger partial charge in [0, 0.05) is 22.6 Å². The first-order valence-corrected chi connectivity index (χ1v) is 13.9. The molecule has 1 aliphatic heterocycles. The van der Waals surface area contributed by atoms with Gasteiger partial charge in [-0.2, -0.15) is 0 Å². The van der Waals surface area contributed by atoms with E-state index in [4.69, 9.17) is 4.99 Å². The van der Waals surface area contributed by atoms with Crippen LogP contribution in [-0.4, -0.2) is 9.13 Å². The quantitative estimate of drug-likeness (QED) is 0.287. The van der Waals surface area contributed by atoms with Gasteiger partial charge >= 0.3 is 0 Å². The molecule has 1 aliphatic carbocycles. The second-order valence-electron chi connectivity index (χ2n) is 10.2. The van der Waals surface area contributed by atoms with E-state index in [2.05, 4.69) is 54.8 Å². The molecule has 0 N–H and O–H groups in total. The lowest BCUT2D eigenvalue weighted by atomic mass is 9.83. The van der Waals surface area contributed by atoms with Crippen molar-refractivity contribution >= 4 is 23.1 Å². The highest BCUT2D eigenvalue weighted by Gasteiger charge is 2.32. The topological polar surface area (TPSA) is 39.3 Å². The van der Waals surface area contributed by atoms with Crippen LogP contribution in [0.3, 0.4) is 0 Å². The van der Waals surface area contributed by atoms with Gasteiger partial charge in [-0.15, -0.1) is 0 Å². The Morgan fingerprint density at radius 1 is 0.949 bits per heavy atom. The molecule has 7 rings (SSSR count). The van der Waals surface area contributed by atoms with Crippen LogP contribution >= 0.6 is 11.3 Å². The minimum atomic E-state index is -0.316. The summed E-state index contributed by atoms with van der Waals surface area (Å²) in [7, 11) is 0. The molecule has 0 saturated carbocycles. The van der Waals surface area contributed by atoms with E-state index in [1.54, 1.807) is 12.1 Å². The molecule has 4 nitrogen and oxygen atoms in total. The molecule has 0 radical (unpaired) electrons. The van der Waals surface area contributed by atoms with Crippen molar-refractivity contribution in [2.24, 2.45) is 4.99 Å². The first kappa shape index (κ1) is 23.8. The van der Waals surface area contributed by atoms with Crippen molar-refractivity contribution in [1.82, 2.24) is 9.13 Å². The van der Waals surface area contributed by atoms with E-state index < -0.39 is 0 Å². The zero-order valence-electron chi connectivity index (χ0n) is 21.7. The number of benzene rings is 3. The molecule has 0 unspecified atom stereocenters. The second-order valence-corrected chi connectivity index (χ2v) is 11.2. The number of halogens is 1. The van der Waals surface area contributed by atoms with Gasteiger partial charge in [-0.3, -0.25) is 9.36 Å². The van der Waals surface area contributed by atoms with Crippen LogP contribution in [0.1, 0.15) is 46.1 Å². The zero-order valence-corrected chi connectivity index (χ0v) is 22.5. The van der Waals surface area contributed by atoms with Crippen LogP contribution < -0.4 is 14.9 Å². The molecule has 2 aliphatic rings. The van der Waals surface area contributed by atoms with Crippen molar-refractivity contribution in [1.29, 1.82) is 0 Å². The Kier molecular flexibility index (Phi) is 5.60. The lowest BCUT2D eigenvalue weighted by Gasteiger charge is -2.30. The fraction of sp³-hybridized carbons (Fsp3) is 0.152. The smallest absolute Gasteiger partial charge is 0.271 e. The first-order chi connectivity index (χ1) is 19.0. The summed E-state index contributed by atoms with van der Waals surface area (Å²) >= 11 is 1.42. The Labute approximate surface area is 229 Å². The maximum atomic E-state index is 14.0. The Hall–Kier alpha value is -4.29. The molecule has 0 spiro atoms. The van der Waals surface area contributed by atoms with E-state index in [-0.39, 0.29) is 17.4 Å². The van der Waals surface area contributed by atoms with Gasteiger partial charge in [0.05, 0.1) is 16.3 Å². The third-order valence-electron chi connectivity index (χ3n) is 7.83. The third-order valence-corrected chi connectivity index (χ3v) is 8.81. The molecule has 192 valence electrons. The molecule has 2 aromatic heterocycles. The zero-order chi connectivity index (χ0) is 26.7.